The minimum absolute atomic E-state index is 0.137. The number of hydrogen-bond acceptors (Lipinski definition) is 5. The van der Waals surface area contributed by atoms with Crippen LogP contribution in [0, 0.1) is 0 Å². The molecule has 1 aromatic carbocycles. The van der Waals surface area contributed by atoms with Crippen LogP contribution in [0.1, 0.15) is 16.6 Å². The van der Waals surface area contributed by atoms with Gasteiger partial charge in [-0.3, -0.25) is 5.84 Å². The molecule has 6 heteroatoms. The van der Waals surface area contributed by atoms with Crippen LogP contribution in [0.5, 0.6) is 5.75 Å². The van der Waals surface area contributed by atoms with E-state index in [-0.39, 0.29) is 6.04 Å². The topological polar surface area (TPSA) is 65.1 Å². The predicted molar refractivity (Wildman–Crippen MR) is 83.6 cm³/mol. The van der Waals surface area contributed by atoms with Crippen molar-refractivity contribution in [3.05, 3.63) is 64.6 Å². The first-order chi connectivity index (χ1) is 10.3. The van der Waals surface area contributed by atoms with Crippen molar-refractivity contribution >= 4 is 11.3 Å². The number of hydrogen-bond donors (Lipinski definition) is 2. The number of nitrogens with one attached hydrogen (secondary N) is 1. The molecule has 0 saturated carbocycles. The van der Waals surface area contributed by atoms with E-state index in [0.717, 1.165) is 22.0 Å². The fourth-order valence-corrected chi connectivity index (χ4v) is 3.15. The van der Waals surface area contributed by atoms with Crippen molar-refractivity contribution in [2.75, 3.05) is 7.11 Å². The Hall–Kier alpha value is -2.15. The van der Waals surface area contributed by atoms with E-state index in [0.29, 0.717) is 0 Å². The number of para-hydroxylation sites is 1. The molecule has 0 aliphatic rings. The first-order valence-corrected chi connectivity index (χ1v) is 7.39. The zero-order chi connectivity index (χ0) is 14.7. The number of nitrogens with two attached hydrogens (primary N) is 1. The van der Waals surface area contributed by atoms with Crippen LogP contribution in [-0.4, -0.2) is 16.9 Å². The van der Waals surface area contributed by atoms with Gasteiger partial charge in [0.05, 0.1) is 24.5 Å². The average molecular weight is 300 g/mol. The summed E-state index contributed by atoms with van der Waals surface area (Å²) in [6.45, 7) is 0. The minimum atomic E-state index is -0.137. The third kappa shape index (κ3) is 2.69. The van der Waals surface area contributed by atoms with Gasteiger partial charge in [0.2, 0.25) is 0 Å². The number of rotatable bonds is 5. The molecule has 3 N–H and O–H groups in total. The van der Waals surface area contributed by atoms with E-state index in [1.54, 1.807) is 24.6 Å². The second-order valence-corrected chi connectivity index (χ2v) is 5.43. The van der Waals surface area contributed by atoms with Gasteiger partial charge in [0, 0.05) is 16.5 Å². The zero-order valence-corrected chi connectivity index (χ0v) is 12.4. The molecule has 1 atom stereocenters. The molecular weight excluding hydrogens is 284 g/mol. The van der Waals surface area contributed by atoms with Gasteiger partial charge in [-0.05, 0) is 24.3 Å². The van der Waals surface area contributed by atoms with Crippen LogP contribution < -0.4 is 16.0 Å². The fourth-order valence-electron chi connectivity index (χ4n) is 2.22. The number of thiophene rings is 1. The molecular formula is C15H16N4OS. The molecule has 0 radical (unpaired) electrons. The van der Waals surface area contributed by atoms with Gasteiger partial charge in [-0.2, -0.15) is 5.10 Å². The van der Waals surface area contributed by atoms with E-state index in [1.165, 1.54) is 0 Å². The number of aromatic nitrogens is 2. The van der Waals surface area contributed by atoms with Crippen molar-refractivity contribution in [3.8, 4) is 11.4 Å². The van der Waals surface area contributed by atoms with Crippen LogP contribution in [0.25, 0.3) is 5.69 Å². The Bertz CT molecular complexity index is 707. The number of hydrazine groups is 1. The number of benzene rings is 1. The fraction of sp³-hybridized carbons (Fsp3) is 0.133. The highest BCUT2D eigenvalue weighted by atomic mass is 32.1. The first kappa shape index (κ1) is 13.8. The summed E-state index contributed by atoms with van der Waals surface area (Å²) in [5, 5.41) is 6.36. The van der Waals surface area contributed by atoms with E-state index in [9.17, 15) is 0 Å². The van der Waals surface area contributed by atoms with E-state index in [4.69, 9.17) is 10.6 Å². The molecule has 3 aromatic rings. The van der Waals surface area contributed by atoms with Gasteiger partial charge in [0.25, 0.3) is 0 Å². The lowest BCUT2D eigenvalue weighted by atomic mass is 10.1. The molecule has 2 aromatic heterocycles. The monoisotopic (exact) mass is 300 g/mol. The SMILES string of the molecule is COc1csc(C(NN)c2ccnn2-c2ccccc2)c1. The van der Waals surface area contributed by atoms with Crippen LogP contribution in [0.15, 0.2) is 54.0 Å². The normalized spacial score (nSPS) is 12.3. The third-order valence-corrected chi connectivity index (χ3v) is 4.23. The summed E-state index contributed by atoms with van der Waals surface area (Å²) in [6.07, 6.45) is 1.78. The van der Waals surface area contributed by atoms with Crippen LogP contribution in [0.2, 0.25) is 0 Å². The van der Waals surface area contributed by atoms with Crippen LogP contribution >= 0.6 is 11.3 Å². The zero-order valence-electron chi connectivity index (χ0n) is 11.6. The highest BCUT2D eigenvalue weighted by Crippen LogP contribution is 2.31. The van der Waals surface area contributed by atoms with Crippen molar-refractivity contribution in [1.29, 1.82) is 0 Å². The lowest BCUT2D eigenvalue weighted by Gasteiger charge is -2.16. The maximum atomic E-state index is 5.77. The molecule has 0 amide bonds. The van der Waals surface area contributed by atoms with E-state index in [2.05, 4.69) is 10.5 Å². The summed E-state index contributed by atoms with van der Waals surface area (Å²) < 4.78 is 7.13. The lowest BCUT2D eigenvalue weighted by molar-refractivity contribution is 0.416. The molecule has 0 saturated heterocycles. The molecule has 0 spiro atoms. The molecule has 2 heterocycles. The van der Waals surface area contributed by atoms with Crippen molar-refractivity contribution in [3.63, 3.8) is 0 Å². The Balaban J connectivity index is 2.01. The van der Waals surface area contributed by atoms with Crippen molar-refractivity contribution < 1.29 is 4.74 Å². The molecule has 0 bridgehead atoms. The quantitative estimate of drug-likeness (QED) is 0.561. The predicted octanol–water partition coefficient (Wildman–Crippen LogP) is 2.50. The maximum absolute atomic E-state index is 5.77. The summed E-state index contributed by atoms with van der Waals surface area (Å²) in [5.41, 5.74) is 4.84. The van der Waals surface area contributed by atoms with Crippen molar-refractivity contribution in [1.82, 2.24) is 15.2 Å². The smallest absolute Gasteiger partial charge is 0.129 e. The van der Waals surface area contributed by atoms with Gasteiger partial charge in [0.15, 0.2) is 0 Å². The van der Waals surface area contributed by atoms with E-state index in [1.807, 2.05) is 52.5 Å². The Morgan fingerprint density at radius 3 is 2.76 bits per heavy atom. The Kier molecular flexibility index (Phi) is 4.01. The highest BCUT2D eigenvalue weighted by molar-refractivity contribution is 7.10. The van der Waals surface area contributed by atoms with Gasteiger partial charge in [0.1, 0.15) is 5.75 Å². The summed E-state index contributed by atoms with van der Waals surface area (Å²) in [6, 6.07) is 13.8. The van der Waals surface area contributed by atoms with Crippen LogP contribution in [0.3, 0.4) is 0 Å². The number of methoxy groups -OCH3 is 1. The molecule has 21 heavy (non-hydrogen) atoms. The summed E-state index contributed by atoms with van der Waals surface area (Å²) in [7, 11) is 1.66. The minimum Gasteiger partial charge on any atom is -0.496 e. The van der Waals surface area contributed by atoms with Gasteiger partial charge in [-0.15, -0.1) is 11.3 Å². The molecule has 1 unspecified atom stereocenters. The molecule has 0 aliphatic carbocycles. The first-order valence-electron chi connectivity index (χ1n) is 6.51. The Morgan fingerprint density at radius 2 is 2.10 bits per heavy atom. The summed E-state index contributed by atoms with van der Waals surface area (Å²) in [4.78, 5) is 1.08. The Morgan fingerprint density at radius 1 is 1.29 bits per heavy atom. The maximum Gasteiger partial charge on any atom is 0.129 e. The third-order valence-electron chi connectivity index (χ3n) is 3.25. The standard InChI is InChI=1S/C15H16N4OS/c1-20-12-9-14(21-10-12)15(18-16)13-7-8-17-19(13)11-5-3-2-4-6-11/h2-10,15,18H,16H2,1H3. The van der Waals surface area contributed by atoms with Gasteiger partial charge in [-0.25, -0.2) is 10.1 Å². The van der Waals surface area contributed by atoms with Crippen molar-refractivity contribution in [2.45, 2.75) is 6.04 Å². The van der Waals surface area contributed by atoms with Gasteiger partial charge >= 0.3 is 0 Å². The second-order valence-electron chi connectivity index (χ2n) is 4.49. The van der Waals surface area contributed by atoms with Crippen LogP contribution in [-0.2, 0) is 0 Å². The van der Waals surface area contributed by atoms with Gasteiger partial charge in [-0.1, -0.05) is 18.2 Å². The summed E-state index contributed by atoms with van der Waals surface area (Å²) in [5.74, 6) is 6.60. The second kappa shape index (κ2) is 6.09. The number of ether oxygens (including phenoxy) is 1. The van der Waals surface area contributed by atoms with Crippen molar-refractivity contribution in [2.24, 2.45) is 5.84 Å². The molecule has 5 nitrogen and oxygen atoms in total. The van der Waals surface area contributed by atoms with E-state index < -0.39 is 0 Å². The molecule has 0 aliphatic heterocycles. The summed E-state index contributed by atoms with van der Waals surface area (Å²) >= 11 is 1.60. The lowest BCUT2D eigenvalue weighted by Crippen LogP contribution is -2.29. The molecule has 3 rings (SSSR count). The van der Waals surface area contributed by atoms with E-state index >= 15 is 0 Å². The largest absolute Gasteiger partial charge is 0.496 e. The van der Waals surface area contributed by atoms with Crippen LogP contribution in [0.4, 0.5) is 0 Å². The number of nitrogens with zero attached hydrogens (tertiary/aromatic N) is 2. The Labute approximate surface area is 126 Å². The molecule has 0 fully saturated rings. The molecule has 108 valence electrons. The van der Waals surface area contributed by atoms with Gasteiger partial charge < -0.3 is 4.74 Å². The average Bonchev–Trinajstić information content (AvgIpc) is 3.19. The highest BCUT2D eigenvalue weighted by Gasteiger charge is 2.19.